The van der Waals surface area contributed by atoms with E-state index in [2.05, 4.69) is 10.0 Å². The van der Waals surface area contributed by atoms with E-state index in [4.69, 9.17) is 5.53 Å². The molecule has 2 unspecified atom stereocenters. The fourth-order valence-corrected chi connectivity index (χ4v) is 3.87. The summed E-state index contributed by atoms with van der Waals surface area (Å²) >= 11 is 0. The minimum absolute atomic E-state index is 0. The number of azide groups is 1. The number of aliphatic hydroxyl groups excluding tert-OH is 1. The summed E-state index contributed by atoms with van der Waals surface area (Å²) in [4.78, 5) is 12.2. The molecule has 22 heavy (non-hydrogen) atoms. The number of sulfonamides is 1. The molecule has 1 N–H and O–H groups in total. The van der Waals surface area contributed by atoms with Crippen molar-refractivity contribution in [2.45, 2.75) is 23.6 Å². The van der Waals surface area contributed by atoms with Gasteiger partial charge in [-0.25, -0.2) is 8.42 Å². The van der Waals surface area contributed by atoms with Crippen LogP contribution in [-0.4, -0.2) is 41.6 Å². The molecule has 10 nitrogen and oxygen atoms in total. The van der Waals surface area contributed by atoms with Crippen LogP contribution >= 0.6 is 0 Å². The van der Waals surface area contributed by atoms with Gasteiger partial charge in [-0.15, -0.1) is 0 Å². The van der Waals surface area contributed by atoms with Gasteiger partial charge in [0, 0.05) is 34.6 Å². The Hall–Kier alpha value is -1.68. The van der Waals surface area contributed by atoms with Crippen molar-refractivity contribution in [3.05, 3.63) is 44.8 Å². The predicted molar refractivity (Wildman–Crippen MR) is 70.5 cm³/mol. The summed E-state index contributed by atoms with van der Waals surface area (Å²) in [5, 5.41) is 23.8. The number of β-amino-alcohol motifs (C(OH)–C–C–N with tert-alkyl or cyclic N) is 1. The van der Waals surface area contributed by atoms with Gasteiger partial charge in [0.2, 0.25) is 10.0 Å². The fraction of sp³-hybridized carbons (Fsp3) is 0.400. The van der Waals surface area contributed by atoms with Gasteiger partial charge in [0.05, 0.1) is 11.0 Å². The van der Waals surface area contributed by atoms with Gasteiger partial charge in [0.1, 0.15) is 6.17 Å². The van der Waals surface area contributed by atoms with Gasteiger partial charge in [0.15, 0.2) is 4.90 Å². The van der Waals surface area contributed by atoms with E-state index >= 15 is 0 Å². The van der Waals surface area contributed by atoms with E-state index in [0.29, 0.717) is 0 Å². The Morgan fingerprint density at radius 3 is 2.68 bits per heavy atom. The second-order valence-corrected chi connectivity index (χ2v) is 6.23. The van der Waals surface area contributed by atoms with E-state index in [1.807, 2.05) is 0 Å². The smallest absolute Gasteiger partial charge is 0.289 e. The quantitative estimate of drug-likeness (QED) is 0.210. The van der Waals surface area contributed by atoms with Crippen LogP contribution in [0.1, 0.15) is 6.42 Å². The molecular weight excluding hydrogens is 358 g/mol. The van der Waals surface area contributed by atoms with Crippen LogP contribution in [0.15, 0.2) is 34.3 Å². The molecule has 0 bridgehead atoms. The summed E-state index contributed by atoms with van der Waals surface area (Å²) in [6.45, 7) is -0.280. The third kappa shape index (κ3) is 3.38. The molecule has 1 saturated heterocycles. The van der Waals surface area contributed by atoms with E-state index in [1.54, 1.807) is 0 Å². The Morgan fingerprint density at radius 2 is 2.09 bits per heavy atom. The van der Waals surface area contributed by atoms with Crippen molar-refractivity contribution in [2.75, 3.05) is 6.54 Å². The topological polar surface area (TPSA) is 150 Å². The summed E-state index contributed by atoms with van der Waals surface area (Å²) < 4.78 is 25.8. The molecule has 0 radical (unpaired) electrons. The summed E-state index contributed by atoms with van der Waals surface area (Å²) in [6, 6.07) is 4.88. The number of para-hydroxylation sites is 1. The molecule has 1 aromatic carbocycles. The van der Waals surface area contributed by atoms with Gasteiger partial charge in [0.25, 0.3) is 5.69 Å². The molecule has 1 fully saturated rings. The van der Waals surface area contributed by atoms with E-state index in [9.17, 15) is 23.6 Å². The first-order valence-corrected chi connectivity index (χ1v) is 7.29. The molecule has 12 heteroatoms. The third-order valence-electron chi connectivity index (χ3n) is 3.04. The molecule has 120 valence electrons. The van der Waals surface area contributed by atoms with Gasteiger partial charge in [-0.2, -0.15) is 4.31 Å². The zero-order chi connectivity index (χ0) is 15.6. The molecule has 2 rings (SSSR count). The molecule has 0 aromatic heterocycles. The van der Waals surface area contributed by atoms with Gasteiger partial charge in [-0.05, 0) is 18.0 Å². The van der Waals surface area contributed by atoms with Crippen molar-refractivity contribution in [1.82, 2.24) is 4.31 Å². The van der Waals surface area contributed by atoms with Crippen LogP contribution in [-0.2, 0) is 27.1 Å². The largest absolute Gasteiger partial charge is 0.392 e. The average Bonchev–Trinajstić information content (AvgIpc) is 2.81. The van der Waals surface area contributed by atoms with Gasteiger partial charge < -0.3 is 5.11 Å². The summed E-state index contributed by atoms with van der Waals surface area (Å²) in [7, 11) is -4.25. The van der Waals surface area contributed by atoms with Crippen molar-refractivity contribution in [3.8, 4) is 0 Å². The first-order valence-electron chi connectivity index (χ1n) is 5.85. The van der Waals surface area contributed by atoms with Crippen molar-refractivity contribution in [1.29, 1.82) is 0 Å². The third-order valence-corrected chi connectivity index (χ3v) is 4.95. The van der Waals surface area contributed by atoms with Gasteiger partial charge in [-0.1, -0.05) is 17.2 Å². The zero-order valence-corrected chi connectivity index (χ0v) is 12.9. The molecule has 0 amide bonds. The molecule has 0 aliphatic carbocycles. The maximum Gasteiger partial charge on any atom is 0.289 e. The monoisotopic (exact) mass is 369 g/mol. The summed E-state index contributed by atoms with van der Waals surface area (Å²) in [5.41, 5.74) is 7.89. The van der Waals surface area contributed by atoms with Crippen LogP contribution in [0.25, 0.3) is 10.4 Å². The molecule has 1 heterocycles. The van der Waals surface area contributed by atoms with Crippen molar-refractivity contribution < 1.29 is 35.5 Å². The number of rotatable bonds is 4. The van der Waals surface area contributed by atoms with Crippen LogP contribution in [0.3, 0.4) is 0 Å². The van der Waals surface area contributed by atoms with E-state index in [0.717, 1.165) is 16.4 Å². The van der Waals surface area contributed by atoms with E-state index < -0.39 is 37.8 Å². The number of hydrogen-bond acceptors (Lipinski definition) is 6. The molecule has 0 spiro atoms. The number of nitro benzene ring substituents is 1. The minimum Gasteiger partial charge on any atom is -0.392 e. The standard InChI is InChI=1S/C10H11N5O5S.Fe/c11-13-12-10-5-7(16)6-14(10)21(19,20)9-4-2-1-3-8(9)15(17)18;/h1-4,7,10,16H,5-6H2;. The van der Waals surface area contributed by atoms with Crippen molar-refractivity contribution in [3.63, 3.8) is 0 Å². The average molecular weight is 369 g/mol. The molecule has 1 aliphatic rings. The Balaban J connectivity index is 0.00000242. The number of nitrogens with zero attached hydrogens (tertiary/aromatic N) is 5. The fourth-order valence-electron chi connectivity index (χ4n) is 2.14. The van der Waals surface area contributed by atoms with Gasteiger partial charge >= 0.3 is 0 Å². The van der Waals surface area contributed by atoms with Crippen LogP contribution in [0, 0.1) is 10.1 Å². The van der Waals surface area contributed by atoms with Crippen LogP contribution in [0.4, 0.5) is 5.69 Å². The summed E-state index contributed by atoms with van der Waals surface area (Å²) in [5.74, 6) is 0. The Morgan fingerprint density at radius 1 is 1.45 bits per heavy atom. The first kappa shape index (κ1) is 18.4. The molecule has 0 saturated carbocycles. The zero-order valence-electron chi connectivity index (χ0n) is 11.0. The predicted octanol–water partition coefficient (Wildman–Crippen LogP) is 0.984. The second-order valence-electron chi connectivity index (χ2n) is 4.37. The Kier molecular flexibility index (Phi) is 5.89. The van der Waals surface area contributed by atoms with E-state index in [1.165, 1.54) is 12.1 Å². The van der Waals surface area contributed by atoms with Crippen LogP contribution in [0.5, 0.6) is 0 Å². The number of benzene rings is 1. The van der Waals surface area contributed by atoms with Crippen LogP contribution in [0.2, 0.25) is 0 Å². The maximum atomic E-state index is 12.5. The molecule has 1 aliphatic heterocycles. The number of nitro groups is 1. The second kappa shape index (κ2) is 7.05. The first-order chi connectivity index (χ1) is 9.87. The van der Waals surface area contributed by atoms with Crippen molar-refractivity contribution in [2.24, 2.45) is 5.11 Å². The molecular formula is C10H11FeN5O5S. The van der Waals surface area contributed by atoms with Gasteiger partial charge in [-0.3, -0.25) is 10.1 Å². The normalized spacial score (nSPS) is 21.7. The SMILES string of the molecule is [Fe].[N-]=[N+]=NC1CC(O)CN1S(=O)(=O)c1ccccc1[N+](=O)[O-]. The number of hydrogen-bond donors (Lipinski definition) is 1. The van der Waals surface area contributed by atoms with Crippen LogP contribution < -0.4 is 0 Å². The Bertz CT molecular complexity index is 720. The molecule has 1 aromatic rings. The maximum absolute atomic E-state index is 12.5. The number of aliphatic hydroxyl groups is 1. The Labute approximate surface area is 136 Å². The van der Waals surface area contributed by atoms with E-state index in [-0.39, 0.29) is 30.0 Å². The van der Waals surface area contributed by atoms with Crippen molar-refractivity contribution >= 4 is 15.7 Å². The molecule has 2 atom stereocenters. The minimum atomic E-state index is -4.25. The summed E-state index contributed by atoms with van der Waals surface area (Å²) in [6.07, 6.45) is -2.14.